The molecule has 8 heteroatoms. The Morgan fingerprint density at radius 3 is 3.04 bits per heavy atom. The summed E-state index contributed by atoms with van der Waals surface area (Å²) in [5.41, 5.74) is 0. The van der Waals surface area contributed by atoms with Gasteiger partial charge in [-0.1, -0.05) is 0 Å². The van der Waals surface area contributed by atoms with E-state index in [1.165, 1.54) is 6.42 Å². The summed E-state index contributed by atoms with van der Waals surface area (Å²) in [6, 6.07) is -0.116. The molecular formula is C15H27N5O3. The molecule has 2 heterocycles. The number of urea groups is 1. The van der Waals surface area contributed by atoms with Crippen LogP contribution in [0.4, 0.5) is 4.79 Å². The number of aromatic nitrogens is 2. The SMILES string of the molecule is COCCN1CCCC(CNC(=O)N(C)Cc2nnc(C)o2)C1. The predicted octanol–water partition coefficient (Wildman–Crippen LogP) is 0.878. The summed E-state index contributed by atoms with van der Waals surface area (Å²) in [5, 5.41) is 10.7. The Bertz CT molecular complexity index is 493. The van der Waals surface area contributed by atoms with Crippen LogP contribution in [0.3, 0.4) is 0 Å². The van der Waals surface area contributed by atoms with Gasteiger partial charge in [-0.05, 0) is 25.3 Å². The number of ether oxygens (including phenoxy) is 1. The van der Waals surface area contributed by atoms with Crippen molar-refractivity contribution in [2.24, 2.45) is 5.92 Å². The first-order valence-corrected chi connectivity index (χ1v) is 8.07. The van der Waals surface area contributed by atoms with Crippen LogP contribution in [0.25, 0.3) is 0 Å². The minimum absolute atomic E-state index is 0.116. The molecule has 130 valence electrons. The van der Waals surface area contributed by atoms with Gasteiger partial charge in [-0.25, -0.2) is 4.79 Å². The summed E-state index contributed by atoms with van der Waals surface area (Å²) in [4.78, 5) is 16.1. The molecule has 1 aliphatic rings. The quantitative estimate of drug-likeness (QED) is 0.801. The van der Waals surface area contributed by atoms with Crippen molar-refractivity contribution in [3.05, 3.63) is 11.8 Å². The number of carbonyl (C=O) groups excluding carboxylic acids is 1. The van der Waals surface area contributed by atoms with Crippen LogP contribution >= 0.6 is 0 Å². The van der Waals surface area contributed by atoms with E-state index in [0.717, 1.165) is 32.7 Å². The molecule has 1 aromatic rings. The Balaban J connectivity index is 1.70. The number of nitrogens with zero attached hydrogens (tertiary/aromatic N) is 4. The van der Waals surface area contributed by atoms with Crippen LogP contribution in [0.5, 0.6) is 0 Å². The molecule has 0 bridgehead atoms. The molecule has 0 aromatic carbocycles. The maximum atomic E-state index is 12.1. The zero-order valence-corrected chi connectivity index (χ0v) is 14.2. The molecule has 1 saturated heterocycles. The number of carbonyl (C=O) groups is 1. The summed E-state index contributed by atoms with van der Waals surface area (Å²) in [6.07, 6.45) is 2.32. The van der Waals surface area contributed by atoms with E-state index in [4.69, 9.17) is 9.15 Å². The number of amides is 2. The van der Waals surface area contributed by atoms with Gasteiger partial charge >= 0.3 is 6.03 Å². The lowest BCUT2D eigenvalue weighted by molar-refractivity contribution is 0.114. The van der Waals surface area contributed by atoms with Crippen LogP contribution < -0.4 is 5.32 Å². The molecular weight excluding hydrogens is 298 g/mol. The molecule has 1 fully saturated rings. The lowest BCUT2D eigenvalue weighted by atomic mass is 9.98. The van der Waals surface area contributed by atoms with Gasteiger partial charge < -0.3 is 24.3 Å². The average molecular weight is 325 g/mol. The average Bonchev–Trinajstić information content (AvgIpc) is 2.96. The smallest absolute Gasteiger partial charge is 0.317 e. The number of hydrogen-bond acceptors (Lipinski definition) is 6. The number of aryl methyl sites for hydroxylation is 1. The summed E-state index contributed by atoms with van der Waals surface area (Å²) < 4.78 is 10.4. The Kier molecular flexibility index (Phi) is 6.79. The van der Waals surface area contributed by atoms with Gasteiger partial charge in [0.25, 0.3) is 0 Å². The number of piperidine rings is 1. The van der Waals surface area contributed by atoms with Gasteiger partial charge in [-0.2, -0.15) is 0 Å². The fourth-order valence-corrected chi connectivity index (χ4v) is 2.78. The molecule has 0 radical (unpaired) electrons. The second-order valence-electron chi connectivity index (χ2n) is 6.06. The van der Waals surface area contributed by atoms with E-state index in [-0.39, 0.29) is 6.03 Å². The Hall–Kier alpha value is -1.67. The van der Waals surface area contributed by atoms with Gasteiger partial charge in [0.1, 0.15) is 6.54 Å². The Labute approximate surface area is 137 Å². The number of hydrogen-bond donors (Lipinski definition) is 1. The molecule has 0 aliphatic carbocycles. The van der Waals surface area contributed by atoms with Gasteiger partial charge in [0.2, 0.25) is 11.8 Å². The minimum Gasteiger partial charge on any atom is -0.424 e. The van der Waals surface area contributed by atoms with Crippen molar-refractivity contribution in [2.75, 3.05) is 46.9 Å². The van der Waals surface area contributed by atoms with Crippen molar-refractivity contribution < 1.29 is 13.9 Å². The first-order chi connectivity index (χ1) is 11.1. The maximum Gasteiger partial charge on any atom is 0.317 e. The molecule has 1 aliphatic heterocycles. The van der Waals surface area contributed by atoms with Crippen LogP contribution in [0.2, 0.25) is 0 Å². The fraction of sp³-hybridized carbons (Fsp3) is 0.800. The Morgan fingerprint density at radius 1 is 1.52 bits per heavy atom. The lowest BCUT2D eigenvalue weighted by Crippen LogP contribution is -2.44. The van der Waals surface area contributed by atoms with Gasteiger partial charge in [-0.3, -0.25) is 0 Å². The summed E-state index contributed by atoms with van der Waals surface area (Å²) >= 11 is 0. The summed E-state index contributed by atoms with van der Waals surface area (Å²) in [5.74, 6) is 1.44. The van der Waals surface area contributed by atoms with Crippen molar-refractivity contribution in [1.29, 1.82) is 0 Å². The second-order valence-corrected chi connectivity index (χ2v) is 6.06. The molecule has 1 N–H and O–H groups in total. The van der Waals surface area contributed by atoms with Crippen LogP contribution in [0.1, 0.15) is 24.6 Å². The van der Waals surface area contributed by atoms with E-state index in [0.29, 0.717) is 30.8 Å². The van der Waals surface area contributed by atoms with Crippen LogP contribution in [0.15, 0.2) is 4.42 Å². The van der Waals surface area contributed by atoms with E-state index >= 15 is 0 Å². The number of rotatable bonds is 7. The molecule has 0 spiro atoms. The van der Waals surface area contributed by atoms with Crippen molar-refractivity contribution in [3.63, 3.8) is 0 Å². The van der Waals surface area contributed by atoms with E-state index in [1.54, 1.807) is 26.0 Å². The van der Waals surface area contributed by atoms with Crippen molar-refractivity contribution >= 4 is 6.03 Å². The lowest BCUT2D eigenvalue weighted by Gasteiger charge is -2.32. The van der Waals surface area contributed by atoms with Gasteiger partial charge in [0.05, 0.1) is 6.61 Å². The number of methoxy groups -OCH3 is 1. The zero-order chi connectivity index (χ0) is 16.7. The van der Waals surface area contributed by atoms with Gasteiger partial charge in [0.15, 0.2) is 0 Å². The Morgan fingerprint density at radius 2 is 2.35 bits per heavy atom. The van der Waals surface area contributed by atoms with E-state index < -0.39 is 0 Å². The van der Waals surface area contributed by atoms with Crippen LogP contribution in [-0.4, -0.2) is 73.0 Å². The monoisotopic (exact) mass is 325 g/mol. The molecule has 8 nitrogen and oxygen atoms in total. The van der Waals surface area contributed by atoms with E-state index in [2.05, 4.69) is 20.4 Å². The highest BCUT2D eigenvalue weighted by Gasteiger charge is 2.21. The van der Waals surface area contributed by atoms with Crippen molar-refractivity contribution in [1.82, 2.24) is 25.3 Å². The highest BCUT2D eigenvalue weighted by atomic mass is 16.5. The van der Waals surface area contributed by atoms with Crippen LogP contribution in [0, 0.1) is 12.8 Å². The molecule has 2 rings (SSSR count). The standard InChI is InChI=1S/C15H27N5O3/c1-12-17-18-14(23-12)11-19(2)15(21)16-9-13-5-4-6-20(10-13)7-8-22-3/h13H,4-11H2,1-3H3,(H,16,21). The minimum atomic E-state index is -0.116. The van der Waals surface area contributed by atoms with Gasteiger partial charge in [-0.15, -0.1) is 10.2 Å². The summed E-state index contributed by atoms with van der Waals surface area (Å²) in [7, 11) is 3.45. The first-order valence-electron chi connectivity index (χ1n) is 8.07. The molecule has 23 heavy (non-hydrogen) atoms. The number of nitrogens with one attached hydrogen (secondary N) is 1. The largest absolute Gasteiger partial charge is 0.424 e. The van der Waals surface area contributed by atoms with Crippen LogP contribution in [-0.2, 0) is 11.3 Å². The van der Waals surface area contributed by atoms with E-state index in [1.807, 2.05) is 0 Å². The number of likely N-dealkylation sites (tertiary alicyclic amines) is 1. The summed E-state index contributed by atoms with van der Waals surface area (Å²) in [6.45, 7) is 6.57. The molecule has 0 saturated carbocycles. The highest BCUT2D eigenvalue weighted by Crippen LogP contribution is 2.15. The van der Waals surface area contributed by atoms with Crippen molar-refractivity contribution in [3.8, 4) is 0 Å². The third-order valence-electron chi connectivity index (χ3n) is 4.04. The first kappa shape index (κ1) is 17.7. The fourth-order valence-electron chi connectivity index (χ4n) is 2.78. The van der Waals surface area contributed by atoms with Crippen molar-refractivity contribution in [2.45, 2.75) is 26.3 Å². The molecule has 1 aromatic heterocycles. The highest BCUT2D eigenvalue weighted by molar-refractivity contribution is 5.73. The topological polar surface area (TPSA) is 83.7 Å². The third kappa shape index (κ3) is 5.80. The molecule has 2 amide bonds. The zero-order valence-electron chi connectivity index (χ0n) is 14.2. The third-order valence-corrected chi connectivity index (χ3v) is 4.04. The molecule has 1 unspecified atom stereocenters. The van der Waals surface area contributed by atoms with Gasteiger partial charge in [0, 0.05) is 40.7 Å². The normalized spacial score (nSPS) is 18.8. The predicted molar refractivity (Wildman–Crippen MR) is 84.9 cm³/mol. The maximum absolute atomic E-state index is 12.1. The van der Waals surface area contributed by atoms with E-state index in [9.17, 15) is 4.79 Å². The second kappa shape index (κ2) is 8.83. The molecule has 1 atom stereocenters.